The molecule has 1 heterocycles. The summed E-state index contributed by atoms with van der Waals surface area (Å²) in [6.07, 6.45) is 2.59. The molecule has 1 atom stereocenters. The van der Waals surface area contributed by atoms with E-state index >= 15 is 0 Å². The molecule has 28 heavy (non-hydrogen) atoms. The Kier molecular flexibility index (Phi) is 4.44. The number of hydrogen-bond acceptors (Lipinski definition) is 5. The summed E-state index contributed by atoms with van der Waals surface area (Å²) in [5.41, 5.74) is 8.45. The first kappa shape index (κ1) is 17.9. The van der Waals surface area contributed by atoms with Gasteiger partial charge in [-0.3, -0.25) is 0 Å². The van der Waals surface area contributed by atoms with E-state index < -0.39 is 17.5 Å². The number of nitrogens with two attached hydrogens (primary N) is 1. The molecule has 0 amide bonds. The quantitative estimate of drug-likeness (QED) is 0.447. The van der Waals surface area contributed by atoms with Crippen LogP contribution in [0.5, 0.6) is 0 Å². The Morgan fingerprint density at radius 3 is 2.25 bits per heavy atom. The molecule has 0 fully saturated rings. The molecule has 142 valence electrons. The van der Waals surface area contributed by atoms with Gasteiger partial charge in [-0.25, -0.2) is 14.6 Å². The van der Waals surface area contributed by atoms with Gasteiger partial charge < -0.3 is 20.6 Å². The second-order valence-electron chi connectivity index (χ2n) is 6.86. The second kappa shape index (κ2) is 6.94. The third-order valence-corrected chi connectivity index (χ3v) is 5.11. The van der Waals surface area contributed by atoms with Crippen LogP contribution in [0.2, 0.25) is 0 Å². The van der Waals surface area contributed by atoms with Crippen LogP contribution in [0, 0.1) is 0 Å². The first-order chi connectivity index (χ1) is 13.5. The molecular weight excluding hydrogens is 358 g/mol. The number of aromatic nitrogens is 2. The van der Waals surface area contributed by atoms with Crippen molar-refractivity contribution in [2.75, 3.05) is 6.61 Å². The number of benzene rings is 2. The number of carboxylic acid groups (broad SMARTS) is 1. The average Bonchev–Trinajstić information content (AvgIpc) is 3.32. The third-order valence-electron chi connectivity index (χ3n) is 5.11. The minimum Gasteiger partial charge on any atom is -0.479 e. The molecule has 0 spiro atoms. The number of aromatic amines is 1. The molecule has 1 aliphatic rings. The molecule has 4 N–H and O–H groups in total. The summed E-state index contributed by atoms with van der Waals surface area (Å²) in [6.45, 7) is 0.0159. The number of nitrogens with one attached hydrogen (secondary N) is 1. The van der Waals surface area contributed by atoms with Crippen LogP contribution < -0.4 is 5.73 Å². The molecule has 4 rings (SSSR count). The molecule has 0 radical (unpaired) electrons. The molecule has 7 nitrogen and oxygen atoms in total. The van der Waals surface area contributed by atoms with Crippen molar-refractivity contribution in [3.8, 4) is 11.1 Å². The monoisotopic (exact) mass is 377 g/mol. The zero-order valence-corrected chi connectivity index (χ0v) is 15.0. The Bertz CT molecular complexity index is 986. The number of aliphatic carboxylic acids is 1. The van der Waals surface area contributed by atoms with Crippen molar-refractivity contribution < 1.29 is 19.4 Å². The highest BCUT2D eigenvalue weighted by molar-refractivity contribution is 6.04. The number of esters is 1. The number of ether oxygens (including phenoxy) is 1. The van der Waals surface area contributed by atoms with E-state index in [0.717, 1.165) is 22.3 Å². The Morgan fingerprint density at radius 2 is 1.71 bits per heavy atom. The third kappa shape index (κ3) is 2.95. The van der Waals surface area contributed by atoms with Crippen LogP contribution >= 0.6 is 0 Å². The molecule has 0 saturated carbocycles. The highest BCUT2D eigenvalue weighted by Gasteiger charge is 2.45. The number of rotatable bonds is 6. The van der Waals surface area contributed by atoms with E-state index in [4.69, 9.17) is 10.5 Å². The maximum absolute atomic E-state index is 12.7. The molecule has 0 bridgehead atoms. The molecule has 7 heteroatoms. The summed E-state index contributed by atoms with van der Waals surface area (Å²) in [6, 6.07) is 15.8. The van der Waals surface area contributed by atoms with Gasteiger partial charge in [0.25, 0.3) is 0 Å². The highest BCUT2D eigenvalue weighted by atomic mass is 16.5. The molecule has 0 aliphatic heterocycles. The Hall–Kier alpha value is -3.45. The number of carboxylic acids is 1. The van der Waals surface area contributed by atoms with Gasteiger partial charge in [-0.05, 0) is 22.3 Å². The first-order valence-corrected chi connectivity index (χ1v) is 8.85. The maximum Gasteiger partial charge on any atom is 0.338 e. The fraction of sp³-hybridized carbons (Fsp3) is 0.190. The summed E-state index contributed by atoms with van der Waals surface area (Å²) in [5.74, 6) is -2.59. The van der Waals surface area contributed by atoms with E-state index in [-0.39, 0.29) is 18.9 Å². The Labute approximate surface area is 161 Å². The lowest BCUT2D eigenvalue weighted by atomic mass is 9.94. The molecule has 2 aromatic carbocycles. The Morgan fingerprint density at radius 1 is 1.11 bits per heavy atom. The minimum absolute atomic E-state index is 0.0159. The summed E-state index contributed by atoms with van der Waals surface area (Å²) in [5, 5.41) is 9.55. The van der Waals surface area contributed by atoms with Crippen LogP contribution in [-0.4, -0.2) is 39.2 Å². The van der Waals surface area contributed by atoms with E-state index in [1.54, 1.807) is 0 Å². The van der Waals surface area contributed by atoms with E-state index in [1.165, 1.54) is 12.5 Å². The summed E-state index contributed by atoms with van der Waals surface area (Å²) < 4.78 is 5.44. The second-order valence-corrected chi connectivity index (χ2v) is 6.86. The number of imidazole rings is 1. The fourth-order valence-electron chi connectivity index (χ4n) is 3.64. The lowest BCUT2D eigenvalue weighted by molar-refractivity contribution is -0.161. The van der Waals surface area contributed by atoms with Crippen molar-refractivity contribution in [2.24, 2.45) is 5.73 Å². The molecule has 1 aliphatic carbocycles. The fourth-order valence-corrected chi connectivity index (χ4v) is 3.64. The molecular formula is C21H19N3O4. The van der Waals surface area contributed by atoms with Gasteiger partial charge in [-0.1, -0.05) is 48.5 Å². The van der Waals surface area contributed by atoms with Crippen LogP contribution in [0.3, 0.4) is 0 Å². The standard InChI is InChI=1S/C21H19N3O4/c22-21(19(25)26,9-13-10-23-12-24-13)20(27)28-11-18-16-7-3-1-5-14(16)15-6-2-4-8-17(15)18/h1-8,10,12,18H,9,11,22H2,(H,23,24)(H,25,26)/t21-/m0/s1. The van der Waals surface area contributed by atoms with Gasteiger partial charge in [-0.2, -0.15) is 0 Å². The molecule has 1 aromatic heterocycles. The predicted molar refractivity (Wildman–Crippen MR) is 102 cm³/mol. The van der Waals surface area contributed by atoms with Gasteiger partial charge in [0, 0.05) is 24.2 Å². The van der Waals surface area contributed by atoms with Crippen molar-refractivity contribution in [1.29, 1.82) is 0 Å². The van der Waals surface area contributed by atoms with Gasteiger partial charge in [0.1, 0.15) is 6.61 Å². The SMILES string of the molecule is N[C@@](Cc1cnc[nH]1)(C(=O)O)C(=O)OCC1c2ccccc2-c2ccccc21. The van der Waals surface area contributed by atoms with Gasteiger partial charge in [-0.15, -0.1) is 0 Å². The average molecular weight is 377 g/mol. The van der Waals surface area contributed by atoms with Crippen LogP contribution in [0.15, 0.2) is 61.1 Å². The van der Waals surface area contributed by atoms with E-state index in [0.29, 0.717) is 5.69 Å². The van der Waals surface area contributed by atoms with Crippen molar-refractivity contribution in [3.63, 3.8) is 0 Å². The maximum atomic E-state index is 12.7. The number of carbonyl (C=O) groups is 2. The molecule has 3 aromatic rings. The number of hydrogen-bond donors (Lipinski definition) is 3. The van der Waals surface area contributed by atoms with Gasteiger partial charge in [0.05, 0.1) is 6.33 Å². The van der Waals surface area contributed by atoms with Gasteiger partial charge in [0.15, 0.2) is 0 Å². The van der Waals surface area contributed by atoms with E-state index in [1.807, 2.05) is 48.5 Å². The van der Waals surface area contributed by atoms with Crippen molar-refractivity contribution in [1.82, 2.24) is 9.97 Å². The number of fused-ring (bicyclic) bond motifs is 3. The summed E-state index contributed by atoms with van der Waals surface area (Å²) in [4.78, 5) is 31.0. The lowest BCUT2D eigenvalue weighted by Gasteiger charge is -2.23. The van der Waals surface area contributed by atoms with E-state index in [2.05, 4.69) is 9.97 Å². The largest absolute Gasteiger partial charge is 0.479 e. The Balaban J connectivity index is 1.57. The van der Waals surface area contributed by atoms with Crippen LogP contribution in [0.4, 0.5) is 0 Å². The molecule has 0 saturated heterocycles. The summed E-state index contributed by atoms with van der Waals surface area (Å²) >= 11 is 0. The van der Waals surface area contributed by atoms with Gasteiger partial charge >= 0.3 is 11.9 Å². The topological polar surface area (TPSA) is 118 Å². The highest BCUT2D eigenvalue weighted by Crippen LogP contribution is 2.44. The number of carbonyl (C=O) groups excluding carboxylic acids is 1. The predicted octanol–water partition coefficient (Wildman–Crippen LogP) is 2.09. The number of nitrogens with zero attached hydrogens (tertiary/aromatic N) is 1. The summed E-state index contributed by atoms with van der Waals surface area (Å²) in [7, 11) is 0. The minimum atomic E-state index is -2.19. The van der Waals surface area contributed by atoms with Crippen LogP contribution in [-0.2, 0) is 20.7 Å². The zero-order valence-electron chi connectivity index (χ0n) is 15.0. The number of H-pyrrole nitrogens is 1. The normalized spacial score (nSPS) is 14.8. The van der Waals surface area contributed by atoms with Crippen LogP contribution in [0.1, 0.15) is 22.7 Å². The van der Waals surface area contributed by atoms with Crippen LogP contribution in [0.25, 0.3) is 11.1 Å². The first-order valence-electron chi connectivity index (χ1n) is 8.85. The van der Waals surface area contributed by atoms with Crippen molar-refractivity contribution in [3.05, 3.63) is 77.9 Å². The lowest BCUT2D eigenvalue weighted by Crippen LogP contribution is -2.57. The molecule has 0 unspecified atom stereocenters. The van der Waals surface area contributed by atoms with Gasteiger partial charge in [0.2, 0.25) is 5.54 Å². The van der Waals surface area contributed by atoms with Crippen molar-refractivity contribution in [2.45, 2.75) is 17.9 Å². The zero-order chi connectivity index (χ0) is 19.7. The van der Waals surface area contributed by atoms with E-state index in [9.17, 15) is 14.7 Å². The smallest absolute Gasteiger partial charge is 0.338 e. The van der Waals surface area contributed by atoms with Crippen molar-refractivity contribution >= 4 is 11.9 Å².